The zero-order chi connectivity index (χ0) is 12.1. The normalized spacial score (nSPS) is 17.1. The number of carbonyl (C=O) groups is 2. The molecule has 0 unspecified atom stereocenters. The second kappa shape index (κ2) is 5.69. The smallest absolute Gasteiger partial charge is 0.409 e. The first-order chi connectivity index (χ1) is 7.60. The number of hydrogen-bond acceptors (Lipinski definition) is 4. The van der Waals surface area contributed by atoms with Gasteiger partial charge in [0.05, 0.1) is 7.11 Å². The Bertz CT molecular complexity index is 262. The molecule has 0 aromatic carbocycles. The van der Waals surface area contributed by atoms with E-state index < -0.39 is 6.61 Å². The van der Waals surface area contributed by atoms with Crippen molar-refractivity contribution in [1.82, 2.24) is 9.80 Å². The Kier molecular flexibility index (Phi) is 4.54. The van der Waals surface area contributed by atoms with E-state index in [1.807, 2.05) is 0 Å². The van der Waals surface area contributed by atoms with Crippen LogP contribution in [-0.4, -0.2) is 66.8 Å². The molecule has 1 rings (SSSR count). The molecule has 1 aliphatic rings. The number of likely N-dealkylation sites (tertiary alicyclic amines) is 1. The number of methoxy groups -OCH3 is 1. The van der Waals surface area contributed by atoms with E-state index in [1.165, 1.54) is 7.11 Å². The highest BCUT2D eigenvalue weighted by molar-refractivity contribution is 5.77. The molecule has 1 heterocycles. The average molecular weight is 230 g/mol. The van der Waals surface area contributed by atoms with Crippen molar-refractivity contribution in [3.05, 3.63) is 0 Å². The molecule has 16 heavy (non-hydrogen) atoms. The van der Waals surface area contributed by atoms with Gasteiger partial charge in [-0.15, -0.1) is 0 Å². The number of ether oxygens (including phenoxy) is 1. The third kappa shape index (κ3) is 2.85. The van der Waals surface area contributed by atoms with E-state index in [0.29, 0.717) is 13.1 Å². The second-order valence-corrected chi connectivity index (χ2v) is 3.85. The van der Waals surface area contributed by atoms with Crippen LogP contribution in [0, 0.1) is 0 Å². The molecule has 6 nitrogen and oxygen atoms in total. The maximum absolute atomic E-state index is 11.3. The van der Waals surface area contributed by atoms with Crippen LogP contribution >= 0.6 is 0 Å². The minimum absolute atomic E-state index is 0.107. The average Bonchev–Trinajstić information content (AvgIpc) is 2.36. The molecule has 1 fully saturated rings. The van der Waals surface area contributed by atoms with Gasteiger partial charge in [-0.1, -0.05) is 0 Å². The number of amides is 2. The van der Waals surface area contributed by atoms with E-state index in [9.17, 15) is 9.59 Å². The van der Waals surface area contributed by atoms with Crippen LogP contribution in [0.5, 0.6) is 0 Å². The molecule has 0 aliphatic carbocycles. The fourth-order valence-electron chi connectivity index (χ4n) is 1.90. The summed E-state index contributed by atoms with van der Waals surface area (Å²) < 4.78 is 4.63. The van der Waals surface area contributed by atoms with Crippen LogP contribution in [-0.2, 0) is 9.53 Å². The van der Waals surface area contributed by atoms with Gasteiger partial charge in [0, 0.05) is 26.2 Å². The summed E-state index contributed by atoms with van der Waals surface area (Å²) in [7, 11) is 3.04. The summed E-state index contributed by atoms with van der Waals surface area (Å²) >= 11 is 0. The van der Waals surface area contributed by atoms with Gasteiger partial charge in [-0.25, -0.2) is 4.79 Å². The van der Waals surface area contributed by atoms with E-state index in [2.05, 4.69) is 4.74 Å². The Morgan fingerprint density at radius 1 is 1.44 bits per heavy atom. The maximum Gasteiger partial charge on any atom is 0.409 e. The van der Waals surface area contributed by atoms with E-state index in [0.717, 1.165) is 12.8 Å². The number of hydrogen-bond donors (Lipinski definition) is 1. The number of piperidine rings is 1. The summed E-state index contributed by atoms with van der Waals surface area (Å²) in [6, 6.07) is 0.107. The molecular weight excluding hydrogens is 212 g/mol. The molecule has 0 aromatic rings. The van der Waals surface area contributed by atoms with Gasteiger partial charge in [0.15, 0.2) is 0 Å². The quantitative estimate of drug-likeness (QED) is 0.705. The SMILES string of the molecule is COC(=O)N(C)C1CCN(C(=O)CO)CC1. The highest BCUT2D eigenvalue weighted by Gasteiger charge is 2.27. The lowest BCUT2D eigenvalue weighted by molar-refractivity contribution is -0.135. The van der Waals surface area contributed by atoms with Gasteiger partial charge in [-0.05, 0) is 12.8 Å². The van der Waals surface area contributed by atoms with Crippen molar-refractivity contribution >= 4 is 12.0 Å². The lowest BCUT2D eigenvalue weighted by Gasteiger charge is -2.35. The lowest BCUT2D eigenvalue weighted by atomic mass is 10.0. The van der Waals surface area contributed by atoms with Crippen molar-refractivity contribution in [2.75, 3.05) is 33.9 Å². The molecule has 2 amide bonds. The van der Waals surface area contributed by atoms with Crippen molar-refractivity contribution < 1.29 is 19.4 Å². The molecule has 6 heteroatoms. The number of carbonyl (C=O) groups excluding carboxylic acids is 2. The van der Waals surface area contributed by atoms with Gasteiger partial charge >= 0.3 is 6.09 Å². The highest BCUT2D eigenvalue weighted by Crippen LogP contribution is 2.15. The van der Waals surface area contributed by atoms with Gasteiger partial charge in [-0.3, -0.25) is 4.79 Å². The maximum atomic E-state index is 11.3. The molecule has 1 saturated heterocycles. The minimum atomic E-state index is -0.447. The predicted molar refractivity (Wildman–Crippen MR) is 56.9 cm³/mol. The van der Waals surface area contributed by atoms with Crippen LogP contribution in [0.3, 0.4) is 0 Å². The minimum Gasteiger partial charge on any atom is -0.453 e. The van der Waals surface area contributed by atoms with E-state index in [4.69, 9.17) is 5.11 Å². The highest BCUT2D eigenvalue weighted by atomic mass is 16.5. The Balaban J connectivity index is 2.42. The predicted octanol–water partition coefficient (Wildman–Crippen LogP) is -0.332. The molecular formula is C10H18N2O4. The summed E-state index contributed by atoms with van der Waals surface area (Å²) in [6.07, 6.45) is 1.08. The number of rotatable bonds is 2. The van der Waals surface area contributed by atoms with E-state index >= 15 is 0 Å². The zero-order valence-electron chi connectivity index (χ0n) is 9.68. The van der Waals surface area contributed by atoms with Crippen LogP contribution in [0.2, 0.25) is 0 Å². The van der Waals surface area contributed by atoms with Crippen molar-refractivity contribution in [1.29, 1.82) is 0 Å². The van der Waals surface area contributed by atoms with Crippen LogP contribution in [0.25, 0.3) is 0 Å². The largest absolute Gasteiger partial charge is 0.453 e. The second-order valence-electron chi connectivity index (χ2n) is 3.85. The fourth-order valence-corrected chi connectivity index (χ4v) is 1.90. The first kappa shape index (κ1) is 12.8. The summed E-state index contributed by atoms with van der Waals surface area (Å²) in [5.74, 6) is -0.251. The molecule has 0 atom stereocenters. The van der Waals surface area contributed by atoms with Crippen molar-refractivity contribution in [2.24, 2.45) is 0 Å². The number of aliphatic hydroxyl groups excluding tert-OH is 1. The standard InChI is InChI=1S/C10H18N2O4/c1-11(10(15)16-2)8-3-5-12(6-4-8)9(14)7-13/h8,13H,3-7H2,1-2H3. The van der Waals surface area contributed by atoms with Crippen molar-refractivity contribution in [3.63, 3.8) is 0 Å². The topological polar surface area (TPSA) is 70.1 Å². The third-order valence-corrected chi connectivity index (χ3v) is 2.96. The molecule has 0 saturated carbocycles. The Hall–Kier alpha value is -1.30. The fraction of sp³-hybridized carbons (Fsp3) is 0.800. The molecule has 92 valence electrons. The van der Waals surface area contributed by atoms with Gasteiger partial charge < -0.3 is 19.6 Å². The molecule has 1 aliphatic heterocycles. The van der Waals surface area contributed by atoms with Gasteiger partial charge in [-0.2, -0.15) is 0 Å². The van der Waals surface area contributed by atoms with Crippen LogP contribution in [0.1, 0.15) is 12.8 Å². The zero-order valence-corrected chi connectivity index (χ0v) is 9.68. The monoisotopic (exact) mass is 230 g/mol. The van der Waals surface area contributed by atoms with Crippen LogP contribution < -0.4 is 0 Å². The van der Waals surface area contributed by atoms with Gasteiger partial charge in [0.1, 0.15) is 6.61 Å². The van der Waals surface area contributed by atoms with Crippen molar-refractivity contribution in [3.8, 4) is 0 Å². The van der Waals surface area contributed by atoms with Crippen LogP contribution in [0.4, 0.5) is 4.79 Å². The van der Waals surface area contributed by atoms with E-state index in [-0.39, 0.29) is 18.0 Å². The molecule has 0 bridgehead atoms. The Labute approximate surface area is 94.8 Å². The molecule has 0 radical (unpaired) electrons. The Morgan fingerprint density at radius 2 is 2.00 bits per heavy atom. The first-order valence-corrected chi connectivity index (χ1v) is 5.29. The number of nitrogens with zero attached hydrogens (tertiary/aromatic N) is 2. The Morgan fingerprint density at radius 3 is 2.44 bits per heavy atom. The van der Waals surface area contributed by atoms with Crippen LogP contribution in [0.15, 0.2) is 0 Å². The van der Waals surface area contributed by atoms with E-state index in [1.54, 1.807) is 16.8 Å². The van der Waals surface area contributed by atoms with Crippen molar-refractivity contribution in [2.45, 2.75) is 18.9 Å². The molecule has 0 aromatic heterocycles. The first-order valence-electron chi connectivity index (χ1n) is 5.29. The molecule has 0 spiro atoms. The third-order valence-electron chi connectivity index (χ3n) is 2.96. The summed E-state index contributed by atoms with van der Waals surface area (Å²) in [4.78, 5) is 25.6. The van der Waals surface area contributed by atoms with Gasteiger partial charge in [0.2, 0.25) is 5.91 Å². The van der Waals surface area contributed by atoms with Gasteiger partial charge in [0.25, 0.3) is 0 Å². The number of aliphatic hydroxyl groups is 1. The summed E-state index contributed by atoms with van der Waals surface area (Å²) in [6.45, 7) is 0.703. The summed E-state index contributed by atoms with van der Waals surface area (Å²) in [5, 5.41) is 8.71. The summed E-state index contributed by atoms with van der Waals surface area (Å²) in [5.41, 5.74) is 0. The lowest BCUT2D eigenvalue weighted by Crippen LogP contribution is -2.47. The molecule has 1 N–H and O–H groups in total.